The molecule has 2 aromatic rings. The summed E-state index contributed by atoms with van der Waals surface area (Å²) in [5.74, 6) is 1.91. The monoisotopic (exact) mass is 345 g/mol. The van der Waals surface area contributed by atoms with Crippen molar-refractivity contribution in [2.24, 2.45) is 4.99 Å². The van der Waals surface area contributed by atoms with E-state index >= 15 is 0 Å². The van der Waals surface area contributed by atoms with E-state index in [4.69, 9.17) is 4.52 Å². The maximum Gasteiger partial charge on any atom is 0.226 e. The van der Waals surface area contributed by atoms with Crippen LogP contribution in [0.5, 0.6) is 0 Å². The smallest absolute Gasteiger partial charge is 0.226 e. The number of aromatic nitrogens is 2. The van der Waals surface area contributed by atoms with Crippen LogP contribution in [0.25, 0.3) is 0 Å². The number of rotatable bonds is 7. The van der Waals surface area contributed by atoms with E-state index in [0.29, 0.717) is 18.3 Å². The van der Waals surface area contributed by atoms with Gasteiger partial charge in [0.1, 0.15) is 5.82 Å². The largest absolute Gasteiger partial charge is 0.356 e. The standard InChI is InChI=1S/C18H24FN5O/c1-13-23-16(25-24-13)8-5-11-21-17(20-2)22-12-18(9-10-18)14-6-3-4-7-15(14)19/h3-4,6-7H,5,8-12H2,1-2H3,(H2,20,21,22). The van der Waals surface area contributed by atoms with Gasteiger partial charge in [0, 0.05) is 32.0 Å². The second kappa shape index (κ2) is 7.63. The fourth-order valence-electron chi connectivity index (χ4n) is 2.95. The Balaban J connectivity index is 1.44. The van der Waals surface area contributed by atoms with E-state index in [2.05, 4.69) is 25.8 Å². The van der Waals surface area contributed by atoms with Gasteiger partial charge in [0.05, 0.1) is 0 Å². The zero-order chi connectivity index (χ0) is 17.7. The molecule has 1 fully saturated rings. The van der Waals surface area contributed by atoms with Crippen LogP contribution in [-0.2, 0) is 11.8 Å². The Bertz CT molecular complexity index is 739. The number of nitrogens with zero attached hydrogens (tertiary/aromatic N) is 3. The third-order valence-corrected chi connectivity index (χ3v) is 4.55. The van der Waals surface area contributed by atoms with Crippen LogP contribution >= 0.6 is 0 Å². The van der Waals surface area contributed by atoms with Crippen LogP contribution in [0.3, 0.4) is 0 Å². The second-order valence-electron chi connectivity index (χ2n) is 6.45. The third-order valence-electron chi connectivity index (χ3n) is 4.55. The highest BCUT2D eigenvalue weighted by molar-refractivity contribution is 5.79. The number of halogens is 1. The first-order valence-electron chi connectivity index (χ1n) is 8.62. The number of benzene rings is 1. The Hall–Kier alpha value is -2.44. The highest BCUT2D eigenvalue weighted by atomic mass is 19.1. The van der Waals surface area contributed by atoms with E-state index < -0.39 is 0 Å². The lowest BCUT2D eigenvalue weighted by molar-refractivity contribution is 0.372. The van der Waals surface area contributed by atoms with Gasteiger partial charge in [-0.05, 0) is 37.8 Å². The van der Waals surface area contributed by atoms with Gasteiger partial charge in [0.25, 0.3) is 0 Å². The molecule has 0 atom stereocenters. The van der Waals surface area contributed by atoms with E-state index in [-0.39, 0.29) is 11.2 Å². The van der Waals surface area contributed by atoms with Crippen LogP contribution in [0.2, 0.25) is 0 Å². The van der Waals surface area contributed by atoms with Crippen LogP contribution in [0.15, 0.2) is 33.8 Å². The van der Waals surface area contributed by atoms with Crippen LogP contribution in [-0.4, -0.2) is 36.2 Å². The normalized spacial score (nSPS) is 15.9. The molecule has 0 radical (unpaired) electrons. The van der Waals surface area contributed by atoms with E-state index in [1.54, 1.807) is 20.0 Å². The minimum atomic E-state index is -0.125. The first-order valence-corrected chi connectivity index (χ1v) is 8.62. The van der Waals surface area contributed by atoms with Crippen LogP contribution in [0.4, 0.5) is 4.39 Å². The molecule has 1 aromatic heterocycles. The summed E-state index contributed by atoms with van der Waals surface area (Å²) in [4.78, 5) is 8.41. The Kier molecular flexibility index (Phi) is 5.31. The van der Waals surface area contributed by atoms with Gasteiger partial charge in [-0.2, -0.15) is 4.98 Å². The Morgan fingerprint density at radius 2 is 2.12 bits per heavy atom. The predicted octanol–water partition coefficient (Wildman–Crippen LogP) is 2.35. The summed E-state index contributed by atoms with van der Waals surface area (Å²) < 4.78 is 19.1. The summed E-state index contributed by atoms with van der Waals surface area (Å²) >= 11 is 0. The van der Waals surface area contributed by atoms with Crippen molar-refractivity contribution in [3.63, 3.8) is 0 Å². The van der Waals surface area contributed by atoms with Crippen molar-refractivity contribution in [1.82, 2.24) is 20.8 Å². The number of aryl methyl sites for hydroxylation is 2. The van der Waals surface area contributed by atoms with Crippen molar-refractivity contribution in [2.75, 3.05) is 20.1 Å². The fourth-order valence-corrected chi connectivity index (χ4v) is 2.95. The summed E-state index contributed by atoms with van der Waals surface area (Å²) in [7, 11) is 1.74. The van der Waals surface area contributed by atoms with Gasteiger partial charge >= 0.3 is 0 Å². The summed E-state index contributed by atoms with van der Waals surface area (Å²) in [5, 5.41) is 10.4. The fraction of sp³-hybridized carbons (Fsp3) is 0.500. The minimum Gasteiger partial charge on any atom is -0.356 e. The zero-order valence-corrected chi connectivity index (χ0v) is 14.7. The lowest BCUT2D eigenvalue weighted by atomic mass is 9.95. The van der Waals surface area contributed by atoms with E-state index in [0.717, 1.165) is 43.8 Å². The topological polar surface area (TPSA) is 75.3 Å². The van der Waals surface area contributed by atoms with Gasteiger partial charge in [0.2, 0.25) is 5.89 Å². The van der Waals surface area contributed by atoms with Crippen LogP contribution in [0.1, 0.15) is 36.5 Å². The molecule has 6 nitrogen and oxygen atoms in total. The number of nitrogens with one attached hydrogen (secondary N) is 2. The van der Waals surface area contributed by atoms with E-state index in [1.165, 1.54) is 6.07 Å². The number of guanidine groups is 1. The Labute approximate surface area is 146 Å². The molecular formula is C18H24FN5O. The van der Waals surface area contributed by atoms with Crippen molar-refractivity contribution in [3.8, 4) is 0 Å². The summed E-state index contributed by atoms with van der Waals surface area (Å²) in [6, 6.07) is 7.03. The van der Waals surface area contributed by atoms with Crippen molar-refractivity contribution in [1.29, 1.82) is 0 Å². The molecule has 2 N–H and O–H groups in total. The van der Waals surface area contributed by atoms with Crippen molar-refractivity contribution < 1.29 is 8.91 Å². The number of hydrogen-bond acceptors (Lipinski definition) is 4. The maximum atomic E-state index is 14.0. The molecule has 1 aliphatic carbocycles. The SMILES string of the molecule is CN=C(NCCCc1nc(C)no1)NCC1(c2ccccc2F)CC1. The van der Waals surface area contributed by atoms with Gasteiger partial charge in [-0.25, -0.2) is 4.39 Å². The molecule has 7 heteroatoms. The van der Waals surface area contributed by atoms with Crippen molar-refractivity contribution >= 4 is 5.96 Å². The lowest BCUT2D eigenvalue weighted by Crippen LogP contribution is -2.41. The molecule has 134 valence electrons. The van der Waals surface area contributed by atoms with Gasteiger partial charge < -0.3 is 15.2 Å². The van der Waals surface area contributed by atoms with E-state index in [1.807, 2.05) is 12.1 Å². The summed E-state index contributed by atoms with van der Waals surface area (Å²) in [6.45, 7) is 3.23. The molecule has 1 saturated carbocycles. The van der Waals surface area contributed by atoms with Gasteiger partial charge in [-0.1, -0.05) is 23.4 Å². The van der Waals surface area contributed by atoms with Gasteiger partial charge in [-0.3, -0.25) is 4.99 Å². The molecule has 0 amide bonds. The van der Waals surface area contributed by atoms with Gasteiger partial charge in [0.15, 0.2) is 11.8 Å². The van der Waals surface area contributed by atoms with Crippen LogP contribution < -0.4 is 10.6 Å². The quantitative estimate of drug-likeness (QED) is 0.458. The molecule has 1 aromatic carbocycles. The highest BCUT2D eigenvalue weighted by Gasteiger charge is 2.45. The molecule has 0 saturated heterocycles. The third kappa shape index (κ3) is 4.35. The minimum absolute atomic E-state index is 0.107. The first-order chi connectivity index (χ1) is 12.1. The molecular weight excluding hydrogens is 321 g/mol. The van der Waals surface area contributed by atoms with Gasteiger partial charge in [-0.15, -0.1) is 0 Å². The molecule has 1 aliphatic rings. The zero-order valence-electron chi connectivity index (χ0n) is 14.7. The average Bonchev–Trinajstić information content (AvgIpc) is 3.29. The second-order valence-corrected chi connectivity index (χ2v) is 6.45. The first kappa shape index (κ1) is 17.4. The predicted molar refractivity (Wildman–Crippen MR) is 94.0 cm³/mol. The van der Waals surface area contributed by atoms with Crippen molar-refractivity contribution in [2.45, 2.75) is 38.0 Å². The van der Waals surface area contributed by atoms with E-state index in [9.17, 15) is 4.39 Å². The summed E-state index contributed by atoms with van der Waals surface area (Å²) in [6.07, 6.45) is 3.58. The molecule has 25 heavy (non-hydrogen) atoms. The molecule has 0 spiro atoms. The maximum absolute atomic E-state index is 14.0. The molecule has 0 unspecified atom stereocenters. The number of aliphatic imine (C=N–C) groups is 1. The highest BCUT2D eigenvalue weighted by Crippen LogP contribution is 2.48. The number of hydrogen-bond donors (Lipinski definition) is 2. The van der Waals surface area contributed by atoms with Crippen LogP contribution in [0, 0.1) is 12.7 Å². The average molecular weight is 345 g/mol. The van der Waals surface area contributed by atoms with Crippen molar-refractivity contribution in [3.05, 3.63) is 47.4 Å². The Morgan fingerprint density at radius 3 is 2.76 bits per heavy atom. The lowest BCUT2D eigenvalue weighted by Gasteiger charge is -2.19. The summed E-state index contributed by atoms with van der Waals surface area (Å²) in [5.41, 5.74) is 0.689. The molecule has 3 rings (SSSR count). The molecule has 0 aliphatic heterocycles. The molecule has 0 bridgehead atoms. The molecule has 1 heterocycles. The Morgan fingerprint density at radius 1 is 1.32 bits per heavy atom.